The van der Waals surface area contributed by atoms with Crippen LogP contribution in [0.25, 0.3) is 0 Å². The third kappa shape index (κ3) is 3.83. The maximum Gasteiger partial charge on any atom is 0.255 e. The van der Waals surface area contributed by atoms with Crippen LogP contribution in [0.1, 0.15) is 24.1 Å². The summed E-state index contributed by atoms with van der Waals surface area (Å²) in [6.07, 6.45) is 0. The van der Waals surface area contributed by atoms with Crippen molar-refractivity contribution in [1.82, 2.24) is 10.6 Å². The molecule has 1 atom stereocenters. The minimum atomic E-state index is -0.311. The molecule has 1 aliphatic rings. The molecule has 0 aromatic heterocycles. The van der Waals surface area contributed by atoms with Crippen molar-refractivity contribution in [2.45, 2.75) is 19.9 Å². The van der Waals surface area contributed by atoms with Crippen LogP contribution in [-0.4, -0.2) is 11.0 Å². The van der Waals surface area contributed by atoms with E-state index in [0.29, 0.717) is 21.4 Å². The Bertz CT molecular complexity index is 864. The molecule has 0 unspecified atom stereocenters. The fraction of sp³-hybridized carbons (Fsp3) is 0.158. The summed E-state index contributed by atoms with van der Waals surface area (Å²) in [6, 6.07) is 14.9. The maximum absolute atomic E-state index is 13.0. The molecule has 2 aromatic rings. The van der Waals surface area contributed by atoms with Gasteiger partial charge in [-0.1, -0.05) is 48.0 Å². The number of nitrogens with one attached hydrogen (secondary N) is 3. The number of amides is 1. The van der Waals surface area contributed by atoms with E-state index in [9.17, 15) is 4.79 Å². The predicted octanol–water partition coefficient (Wildman–Crippen LogP) is 4.08. The molecular formula is C19H18ClN3OS. The standard InChI is InChI=1S/C19H18ClN3OS/c1-11-8-9-14(20)10-15(11)22-18(24)16-12(2)21-19(25)23-17(16)13-6-4-3-5-7-13/h3-10,17H,1-2H3,(H,22,24)(H2,21,23,25)/t17-/m0/s1. The quantitative estimate of drug-likeness (QED) is 0.711. The summed E-state index contributed by atoms with van der Waals surface area (Å²) in [5.74, 6) is -0.195. The molecule has 0 saturated carbocycles. The van der Waals surface area contributed by atoms with Gasteiger partial charge in [-0.05, 0) is 49.3 Å². The van der Waals surface area contributed by atoms with E-state index in [-0.39, 0.29) is 11.9 Å². The minimum absolute atomic E-state index is 0.195. The molecule has 3 N–H and O–H groups in total. The molecule has 0 bridgehead atoms. The smallest absolute Gasteiger partial charge is 0.255 e. The topological polar surface area (TPSA) is 53.2 Å². The first kappa shape index (κ1) is 17.5. The second kappa shape index (κ2) is 7.25. The Morgan fingerprint density at radius 3 is 2.60 bits per heavy atom. The number of carbonyl (C=O) groups is 1. The van der Waals surface area contributed by atoms with Crippen LogP contribution in [0.2, 0.25) is 5.02 Å². The van der Waals surface area contributed by atoms with Crippen molar-refractivity contribution in [3.05, 3.63) is 76.0 Å². The van der Waals surface area contributed by atoms with Crippen LogP contribution in [0.3, 0.4) is 0 Å². The van der Waals surface area contributed by atoms with Crippen LogP contribution in [0.4, 0.5) is 5.69 Å². The van der Waals surface area contributed by atoms with Crippen LogP contribution in [0, 0.1) is 6.92 Å². The lowest BCUT2D eigenvalue weighted by molar-refractivity contribution is -0.113. The molecule has 1 amide bonds. The van der Waals surface area contributed by atoms with E-state index in [4.69, 9.17) is 23.8 Å². The molecule has 1 aliphatic heterocycles. The number of rotatable bonds is 3. The number of hydrogen-bond acceptors (Lipinski definition) is 2. The summed E-state index contributed by atoms with van der Waals surface area (Å²) < 4.78 is 0. The second-order valence-corrected chi connectivity index (χ2v) is 6.74. The van der Waals surface area contributed by atoms with Crippen LogP contribution < -0.4 is 16.0 Å². The molecule has 25 heavy (non-hydrogen) atoms. The zero-order chi connectivity index (χ0) is 18.0. The van der Waals surface area contributed by atoms with E-state index >= 15 is 0 Å². The second-order valence-electron chi connectivity index (χ2n) is 5.89. The van der Waals surface area contributed by atoms with Crippen molar-refractivity contribution >= 4 is 40.5 Å². The van der Waals surface area contributed by atoms with Gasteiger partial charge in [-0.3, -0.25) is 4.79 Å². The monoisotopic (exact) mass is 371 g/mol. The summed E-state index contributed by atoms with van der Waals surface area (Å²) in [5.41, 5.74) is 3.94. The van der Waals surface area contributed by atoms with E-state index in [2.05, 4.69) is 16.0 Å². The highest BCUT2D eigenvalue weighted by atomic mass is 35.5. The fourth-order valence-electron chi connectivity index (χ4n) is 2.81. The van der Waals surface area contributed by atoms with E-state index in [1.165, 1.54) is 0 Å². The molecule has 0 saturated heterocycles. The zero-order valence-corrected chi connectivity index (χ0v) is 15.5. The third-order valence-electron chi connectivity index (χ3n) is 4.09. The highest BCUT2D eigenvalue weighted by Crippen LogP contribution is 2.28. The van der Waals surface area contributed by atoms with E-state index < -0.39 is 0 Å². The van der Waals surface area contributed by atoms with Crippen molar-refractivity contribution in [3.8, 4) is 0 Å². The zero-order valence-electron chi connectivity index (χ0n) is 13.9. The Kier molecular flexibility index (Phi) is 5.06. The van der Waals surface area contributed by atoms with Gasteiger partial charge in [0, 0.05) is 16.4 Å². The van der Waals surface area contributed by atoms with Crippen molar-refractivity contribution in [2.24, 2.45) is 0 Å². The molecule has 3 rings (SSSR count). The lowest BCUT2D eigenvalue weighted by atomic mass is 9.95. The minimum Gasteiger partial charge on any atom is -0.351 e. The average Bonchev–Trinajstić information content (AvgIpc) is 2.58. The summed E-state index contributed by atoms with van der Waals surface area (Å²) in [7, 11) is 0. The SMILES string of the molecule is CC1=C(C(=O)Nc2cc(Cl)ccc2C)[C@H](c2ccccc2)NC(=S)N1. The average molecular weight is 372 g/mol. The maximum atomic E-state index is 13.0. The number of hydrogen-bond donors (Lipinski definition) is 3. The molecule has 0 spiro atoms. The van der Waals surface area contributed by atoms with Crippen molar-refractivity contribution in [1.29, 1.82) is 0 Å². The Labute approximate surface area is 157 Å². The number of carbonyl (C=O) groups excluding carboxylic acids is 1. The first-order valence-electron chi connectivity index (χ1n) is 7.86. The van der Waals surface area contributed by atoms with Gasteiger partial charge in [0.25, 0.3) is 5.91 Å². The summed E-state index contributed by atoms with van der Waals surface area (Å²) in [5, 5.41) is 10.3. The van der Waals surface area contributed by atoms with Crippen LogP contribution >= 0.6 is 23.8 Å². The molecule has 2 aromatic carbocycles. The number of aryl methyl sites for hydroxylation is 1. The van der Waals surface area contributed by atoms with E-state index in [1.54, 1.807) is 12.1 Å². The van der Waals surface area contributed by atoms with Gasteiger partial charge in [0.1, 0.15) is 0 Å². The third-order valence-corrected chi connectivity index (χ3v) is 4.55. The van der Waals surface area contributed by atoms with Gasteiger partial charge in [0.05, 0.1) is 11.6 Å². The summed E-state index contributed by atoms with van der Waals surface area (Å²) in [6.45, 7) is 3.77. The lowest BCUT2D eigenvalue weighted by Crippen LogP contribution is -2.45. The molecule has 128 valence electrons. The fourth-order valence-corrected chi connectivity index (χ4v) is 3.25. The number of anilines is 1. The predicted molar refractivity (Wildman–Crippen MR) is 106 cm³/mol. The lowest BCUT2D eigenvalue weighted by Gasteiger charge is -2.30. The Hall–Kier alpha value is -2.37. The van der Waals surface area contributed by atoms with Gasteiger partial charge in [-0.25, -0.2) is 0 Å². The Balaban J connectivity index is 1.96. The Morgan fingerprint density at radius 2 is 1.88 bits per heavy atom. The van der Waals surface area contributed by atoms with Gasteiger partial charge >= 0.3 is 0 Å². The van der Waals surface area contributed by atoms with Crippen LogP contribution in [0.15, 0.2) is 59.8 Å². The van der Waals surface area contributed by atoms with Gasteiger partial charge in [-0.15, -0.1) is 0 Å². The molecule has 0 fully saturated rings. The van der Waals surface area contributed by atoms with Crippen LogP contribution in [0.5, 0.6) is 0 Å². The number of thiocarbonyl (C=S) groups is 1. The summed E-state index contributed by atoms with van der Waals surface area (Å²) >= 11 is 11.3. The number of allylic oxidation sites excluding steroid dienone is 1. The number of halogens is 1. The first-order valence-corrected chi connectivity index (χ1v) is 8.65. The largest absolute Gasteiger partial charge is 0.351 e. The summed E-state index contributed by atoms with van der Waals surface area (Å²) in [4.78, 5) is 13.0. The van der Waals surface area contributed by atoms with Crippen LogP contribution in [-0.2, 0) is 4.79 Å². The molecular weight excluding hydrogens is 354 g/mol. The molecule has 6 heteroatoms. The molecule has 0 radical (unpaired) electrons. The molecule has 4 nitrogen and oxygen atoms in total. The van der Waals surface area contributed by atoms with Crippen molar-refractivity contribution < 1.29 is 4.79 Å². The van der Waals surface area contributed by atoms with Gasteiger partial charge in [-0.2, -0.15) is 0 Å². The van der Waals surface area contributed by atoms with Gasteiger partial charge in [0.2, 0.25) is 0 Å². The highest BCUT2D eigenvalue weighted by molar-refractivity contribution is 7.80. The first-order chi connectivity index (χ1) is 12.0. The highest BCUT2D eigenvalue weighted by Gasteiger charge is 2.29. The Morgan fingerprint density at radius 1 is 1.16 bits per heavy atom. The van der Waals surface area contributed by atoms with E-state index in [0.717, 1.165) is 16.8 Å². The molecule has 0 aliphatic carbocycles. The van der Waals surface area contributed by atoms with Crippen molar-refractivity contribution in [3.63, 3.8) is 0 Å². The normalized spacial score (nSPS) is 16.9. The van der Waals surface area contributed by atoms with Crippen molar-refractivity contribution in [2.75, 3.05) is 5.32 Å². The van der Waals surface area contributed by atoms with Gasteiger partial charge in [0.15, 0.2) is 5.11 Å². The molecule has 1 heterocycles. The van der Waals surface area contributed by atoms with Gasteiger partial charge < -0.3 is 16.0 Å². The number of benzene rings is 2. The van der Waals surface area contributed by atoms with E-state index in [1.807, 2.05) is 50.2 Å².